The standard InChI is InChI=1S/C32H35N3O4/c36-28-18-32(17-25-19-33-27-9-5-4-8-26(25)27,30(37)34(28)11-10-20-6-2-1-3-7-20)35(31(38)39)29-23-13-21-12-22(15-23)16-24(29)14-21/h1-9,19,21-24,29,33H,10-18H2,(H,38,39). The Balaban J connectivity index is 1.29. The van der Waals surface area contributed by atoms with Crippen molar-refractivity contribution in [1.82, 2.24) is 14.8 Å². The average molecular weight is 526 g/mol. The molecule has 3 aromatic rings. The quantitative estimate of drug-likeness (QED) is 0.412. The van der Waals surface area contributed by atoms with Crippen molar-refractivity contribution in [3.63, 3.8) is 0 Å². The number of carbonyl (C=O) groups is 3. The first-order valence-corrected chi connectivity index (χ1v) is 14.4. The molecule has 4 aliphatic carbocycles. The van der Waals surface area contributed by atoms with Gasteiger partial charge in [0, 0.05) is 36.1 Å². The number of rotatable bonds is 7. The Kier molecular flexibility index (Phi) is 5.79. The van der Waals surface area contributed by atoms with Crippen molar-refractivity contribution in [2.45, 2.75) is 62.9 Å². The van der Waals surface area contributed by atoms with Gasteiger partial charge in [0.1, 0.15) is 5.54 Å². The largest absolute Gasteiger partial charge is 0.465 e. The van der Waals surface area contributed by atoms with Crippen LogP contribution in [0.2, 0.25) is 0 Å². The fourth-order valence-electron chi connectivity index (χ4n) is 8.82. The van der Waals surface area contributed by atoms with Crippen LogP contribution >= 0.6 is 0 Å². The van der Waals surface area contributed by atoms with Gasteiger partial charge in [0.2, 0.25) is 5.91 Å². The highest BCUT2D eigenvalue weighted by molar-refractivity contribution is 6.10. The highest BCUT2D eigenvalue weighted by atomic mass is 16.4. The number of hydrogen-bond acceptors (Lipinski definition) is 3. The molecule has 202 valence electrons. The van der Waals surface area contributed by atoms with Gasteiger partial charge in [-0.1, -0.05) is 48.5 Å². The van der Waals surface area contributed by atoms with E-state index in [9.17, 15) is 19.5 Å². The first kappa shape index (κ1) is 24.4. The lowest BCUT2D eigenvalue weighted by Gasteiger charge is -2.59. The molecule has 2 N–H and O–H groups in total. The number of carbonyl (C=O) groups excluding carboxylic acids is 2. The zero-order valence-electron chi connectivity index (χ0n) is 22.1. The van der Waals surface area contributed by atoms with Crippen LogP contribution in [0.1, 0.15) is 49.7 Å². The van der Waals surface area contributed by atoms with Gasteiger partial charge in [-0.25, -0.2) is 4.79 Å². The number of aromatic amines is 1. The van der Waals surface area contributed by atoms with Gasteiger partial charge in [0.25, 0.3) is 5.91 Å². The maximum Gasteiger partial charge on any atom is 0.408 e. The number of hydrogen-bond donors (Lipinski definition) is 2. The van der Waals surface area contributed by atoms with Crippen LogP contribution in [0.3, 0.4) is 0 Å². The third-order valence-corrected chi connectivity index (χ3v) is 10.2. The highest BCUT2D eigenvalue weighted by Crippen LogP contribution is 2.57. The summed E-state index contributed by atoms with van der Waals surface area (Å²) in [4.78, 5) is 47.5. The molecule has 1 atom stereocenters. The normalized spacial score (nSPS) is 31.4. The van der Waals surface area contributed by atoms with Crippen LogP contribution in [0, 0.1) is 23.7 Å². The lowest BCUT2D eigenvalue weighted by Crippen LogP contribution is -2.67. The number of nitrogens with zero attached hydrogens (tertiary/aromatic N) is 2. The molecule has 1 aliphatic heterocycles. The van der Waals surface area contributed by atoms with E-state index in [1.54, 1.807) is 0 Å². The summed E-state index contributed by atoms with van der Waals surface area (Å²) >= 11 is 0. The molecule has 3 amide bonds. The molecule has 5 aliphatic rings. The number of carboxylic acid groups (broad SMARTS) is 1. The minimum absolute atomic E-state index is 0.102. The van der Waals surface area contributed by atoms with E-state index in [2.05, 4.69) is 4.98 Å². The SMILES string of the molecule is O=C1CC(Cc2c[nH]c3ccccc23)(N(C(=O)O)C2C3CC4CC(C3)CC2C4)C(=O)N1CCc1ccccc1. The molecule has 1 saturated heterocycles. The van der Waals surface area contributed by atoms with Gasteiger partial charge < -0.3 is 10.1 Å². The third-order valence-electron chi connectivity index (χ3n) is 10.2. The molecule has 2 heterocycles. The van der Waals surface area contributed by atoms with Crippen molar-refractivity contribution >= 4 is 28.8 Å². The lowest BCUT2D eigenvalue weighted by atomic mass is 9.53. The van der Waals surface area contributed by atoms with Crippen LogP contribution in [0.5, 0.6) is 0 Å². The van der Waals surface area contributed by atoms with Crippen molar-refractivity contribution in [1.29, 1.82) is 0 Å². The van der Waals surface area contributed by atoms with Gasteiger partial charge >= 0.3 is 6.09 Å². The monoisotopic (exact) mass is 525 g/mol. The Morgan fingerprint density at radius 2 is 1.62 bits per heavy atom. The number of benzene rings is 2. The molecule has 1 unspecified atom stereocenters. The second kappa shape index (κ2) is 9.25. The minimum Gasteiger partial charge on any atom is -0.465 e. The number of imide groups is 1. The molecule has 4 bridgehead atoms. The molecule has 1 aromatic heterocycles. The number of fused-ring (bicyclic) bond motifs is 1. The Hall–Kier alpha value is -3.61. The molecule has 4 saturated carbocycles. The van der Waals surface area contributed by atoms with E-state index >= 15 is 0 Å². The van der Waals surface area contributed by atoms with Crippen LogP contribution in [0.25, 0.3) is 10.9 Å². The summed E-state index contributed by atoms with van der Waals surface area (Å²) < 4.78 is 0. The molecule has 8 rings (SSSR count). The van der Waals surface area contributed by atoms with Crippen LogP contribution in [-0.2, 0) is 22.4 Å². The van der Waals surface area contributed by atoms with Crippen molar-refractivity contribution in [2.75, 3.05) is 6.54 Å². The number of nitrogens with one attached hydrogen (secondary N) is 1. The zero-order valence-corrected chi connectivity index (χ0v) is 22.1. The van der Waals surface area contributed by atoms with Crippen LogP contribution in [0.4, 0.5) is 4.79 Å². The van der Waals surface area contributed by atoms with E-state index in [0.29, 0.717) is 18.3 Å². The van der Waals surface area contributed by atoms with E-state index < -0.39 is 11.6 Å². The average Bonchev–Trinajstić information content (AvgIpc) is 3.43. The summed E-state index contributed by atoms with van der Waals surface area (Å²) in [6.45, 7) is 0.256. The molecule has 0 radical (unpaired) electrons. The Bertz CT molecular complexity index is 1400. The maximum atomic E-state index is 14.5. The molecular weight excluding hydrogens is 490 g/mol. The predicted octanol–water partition coefficient (Wildman–Crippen LogP) is 5.26. The third kappa shape index (κ3) is 3.97. The van der Waals surface area contributed by atoms with Gasteiger partial charge in [-0.15, -0.1) is 0 Å². The van der Waals surface area contributed by atoms with Crippen molar-refractivity contribution < 1.29 is 19.5 Å². The van der Waals surface area contributed by atoms with Gasteiger partial charge in [-0.05, 0) is 79.4 Å². The molecule has 7 nitrogen and oxygen atoms in total. The number of amides is 3. The first-order valence-electron chi connectivity index (χ1n) is 14.4. The number of likely N-dealkylation sites (tertiary alicyclic amines) is 1. The second-order valence-corrected chi connectivity index (χ2v) is 12.4. The van der Waals surface area contributed by atoms with E-state index in [-0.39, 0.29) is 49.1 Å². The van der Waals surface area contributed by atoms with Crippen LogP contribution in [-0.4, -0.2) is 55.9 Å². The van der Waals surface area contributed by atoms with Crippen LogP contribution < -0.4 is 0 Å². The van der Waals surface area contributed by atoms with Crippen molar-refractivity contribution in [3.05, 3.63) is 71.9 Å². The fraction of sp³-hybridized carbons (Fsp3) is 0.469. The van der Waals surface area contributed by atoms with Crippen molar-refractivity contribution in [3.8, 4) is 0 Å². The summed E-state index contributed by atoms with van der Waals surface area (Å²) in [5.74, 6) is 1.24. The summed E-state index contributed by atoms with van der Waals surface area (Å²) in [6, 6.07) is 17.5. The smallest absolute Gasteiger partial charge is 0.408 e. The van der Waals surface area contributed by atoms with E-state index in [4.69, 9.17) is 0 Å². The predicted molar refractivity (Wildman–Crippen MR) is 147 cm³/mol. The van der Waals surface area contributed by atoms with E-state index in [1.165, 1.54) is 16.2 Å². The molecule has 0 spiro atoms. The fourth-order valence-corrected chi connectivity index (χ4v) is 8.82. The first-order chi connectivity index (χ1) is 18.9. The Morgan fingerprint density at radius 3 is 2.31 bits per heavy atom. The molecule has 39 heavy (non-hydrogen) atoms. The summed E-state index contributed by atoms with van der Waals surface area (Å²) in [7, 11) is 0. The number of para-hydroxylation sites is 1. The second-order valence-electron chi connectivity index (χ2n) is 12.4. The maximum absolute atomic E-state index is 14.5. The Morgan fingerprint density at radius 1 is 0.949 bits per heavy atom. The molecule has 5 fully saturated rings. The minimum atomic E-state index is -1.44. The molecule has 7 heteroatoms. The van der Waals surface area contributed by atoms with E-state index in [0.717, 1.165) is 47.7 Å². The number of H-pyrrole nitrogens is 1. The Labute approximate surface area is 228 Å². The lowest BCUT2D eigenvalue weighted by molar-refractivity contribution is -0.146. The topological polar surface area (TPSA) is 93.7 Å². The summed E-state index contributed by atoms with van der Waals surface area (Å²) in [6.07, 6.45) is 6.84. The van der Waals surface area contributed by atoms with Crippen molar-refractivity contribution in [2.24, 2.45) is 23.7 Å². The summed E-state index contributed by atoms with van der Waals surface area (Å²) in [5, 5.41) is 11.8. The highest BCUT2D eigenvalue weighted by Gasteiger charge is 2.62. The summed E-state index contributed by atoms with van der Waals surface area (Å²) in [5.41, 5.74) is 1.43. The van der Waals surface area contributed by atoms with Gasteiger partial charge in [-0.3, -0.25) is 19.4 Å². The molecular formula is C32H35N3O4. The van der Waals surface area contributed by atoms with Gasteiger partial charge in [-0.2, -0.15) is 0 Å². The molecule has 2 aromatic carbocycles. The van der Waals surface area contributed by atoms with Gasteiger partial charge in [0.05, 0.1) is 6.42 Å². The number of aromatic nitrogens is 1. The van der Waals surface area contributed by atoms with Crippen LogP contribution in [0.15, 0.2) is 60.8 Å². The van der Waals surface area contributed by atoms with Gasteiger partial charge in [0.15, 0.2) is 0 Å². The zero-order chi connectivity index (χ0) is 26.7. The van der Waals surface area contributed by atoms with E-state index in [1.807, 2.05) is 60.8 Å².